The molecule has 0 saturated heterocycles. The van der Waals surface area contributed by atoms with Crippen LogP contribution in [0.1, 0.15) is 5.76 Å². The van der Waals surface area contributed by atoms with Crippen molar-refractivity contribution in [3.8, 4) is 11.3 Å². The van der Waals surface area contributed by atoms with Crippen LogP contribution in [0.25, 0.3) is 22.2 Å². The Morgan fingerprint density at radius 3 is 2.80 bits per heavy atom. The summed E-state index contributed by atoms with van der Waals surface area (Å²) in [4.78, 5) is 4.42. The van der Waals surface area contributed by atoms with Crippen LogP contribution in [-0.4, -0.2) is 12.0 Å². The normalized spacial score (nSPS) is 10.9. The standard InChI is InChI=1S/C15H14ClN3O/c1-18-11-2-3-14(19-8-11)9-4-10-5-12(7-17)20-15(10)13(16)6-9/h2-6,8,18H,7,17H2,1H3. The van der Waals surface area contributed by atoms with Crippen molar-refractivity contribution in [1.82, 2.24) is 4.98 Å². The number of hydrogen-bond donors (Lipinski definition) is 2. The molecule has 3 rings (SSSR count). The van der Waals surface area contributed by atoms with Crippen LogP contribution in [0.2, 0.25) is 5.02 Å². The summed E-state index contributed by atoms with van der Waals surface area (Å²) in [5, 5.41) is 4.54. The summed E-state index contributed by atoms with van der Waals surface area (Å²) in [6, 6.07) is 9.70. The van der Waals surface area contributed by atoms with Gasteiger partial charge in [0.25, 0.3) is 0 Å². The molecule has 102 valence electrons. The quantitative estimate of drug-likeness (QED) is 0.772. The van der Waals surface area contributed by atoms with Crippen molar-refractivity contribution in [3.63, 3.8) is 0 Å². The monoisotopic (exact) mass is 287 g/mol. The van der Waals surface area contributed by atoms with Crippen LogP contribution in [0, 0.1) is 0 Å². The van der Waals surface area contributed by atoms with Crippen molar-refractivity contribution in [1.29, 1.82) is 0 Å². The van der Waals surface area contributed by atoms with E-state index in [2.05, 4.69) is 10.3 Å². The van der Waals surface area contributed by atoms with E-state index in [4.69, 9.17) is 21.8 Å². The summed E-state index contributed by atoms with van der Waals surface area (Å²) >= 11 is 6.27. The molecule has 20 heavy (non-hydrogen) atoms. The van der Waals surface area contributed by atoms with E-state index in [9.17, 15) is 0 Å². The number of halogens is 1. The summed E-state index contributed by atoms with van der Waals surface area (Å²) in [7, 11) is 1.86. The van der Waals surface area contributed by atoms with Crippen molar-refractivity contribution < 1.29 is 4.42 Å². The van der Waals surface area contributed by atoms with Gasteiger partial charge in [0.2, 0.25) is 0 Å². The lowest BCUT2D eigenvalue weighted by molar-refractivity contribution is 0.552. The van der Waals surface area contributed by atoms with E-state index in [1.54, 1.807) is 6.20 Å². The second-order valence-electron chi connectivity index (χ2n) is 4.48. The Morgan fingerprint density at radius 1 is 1.30 bits per heavy atom. The van der Waals surface area contributed by atoms with Crippen LogP contribution < -0.4 is 11.1 Å². The fraction of sp³-hybridized carbons (Fsp3) is 0.133. The molecule has 3 aromatic rings. The minimum atomic E-state index is 0.357. The first-order valence-corrected chi connectivity index (χ1v) is 6.65. The minimum Gasteiger partial charge on any atom is -0.458 e. The molecule has 0 bridgehead atoms. The highest BCUT2D eigenvalue weighted by Crippen LogP contribution is 2.32. The van der Waals surface area contributed by atoms with Gasteiger partial charge in [-0.15, -0.1) is 0 Å². The first-order chi connectivity index (χ1) is 9.71. The van der Waals surface area contributed by atoms with E-state index >= 15 is 0 Å². The number of furan rings is 1. The van der Waals surface area contributed by atoms with Gasteiger partial charge in [0.1, 0.15) is 5.76 Å². The van der Waals surface area contributed by atoms with Gasteiger partial charge in [0, 0.05) is 18.0 Å². The van der Waals surface area contributed by atoms with Gasteiger partial charge in [-0.3, -0.25) is 4.98 Å². The molecule has 0 fully saturated rings. The number of aromatic nitrogens is 1. The summed E-state index contributed by atoms with van der Waals surface area (Å²) < 4.78 is 5.59. The van der Waals surface area contributed by atoms with Gasteiger partial charge in [-0.2, -0.15) is 0 Å². The molecule has 0 radical (unpaired) electrons. The SMILES string of the molecule is CNc1ccc(-c2cc(Cl)c3oc(CN)cc3c2)nc1. The van der Waals surface area contributed by atoms with Crippen molar-refractivity contribution in [2.75, 3.05) is 12.4 Å². The highest BCUT2D eigenvalue weighted by molar-refractivity contribution is 6.35. The van der Waals surface area contributed by atoms with E-state index in [0.29, 0.717) is 17.2 Å². The fourth-order valence-corrected chi connectivity index (χ4v) is 2.39. The number of anilines is 1. The minimum absolute atomic E-state index is 0.357. The second-order valence-corrected chi connectivity index (χ2v) is 4.88. The maximum absolute atomic E-state index is 6.27. The van der Waals surface area contributed by atoms with Gasteiger partial charge >= 0.3 is 0 Å². The molecule has 0 atom stereocenters. The molecule has 2 aromatic heterocycles. The van der Waals surface area contributed by atoms with E-state index in [-0.39, 0.29) is 0 Å². The Morgan fingerprint density at radius 2 is 2.15 bits per heavy atom. The van der Waals surface area contributed by atoms with Crippen molar-refractivity contribution >= 4 is 28.3 Å². The molecule has 4 nitrogen and oxygen atoms in total. The number of nitrogens with two attached hydrogens (primary N) is 1. The molecule has 3 N–H and O–H groups in total. The van der Waals surface area contributed by atoms with Gasteiger partial charge in [-0.05, 0) is 30.3 Å². The first kappa shape index (κ1) is 13.0. The zero-order valence-corrected chi connectivity index (χ0v) is 11.7. The molecule has 5 heteroatoms. The lowest BCUT2D eigenvalue weighted by Crippen LogP contribution is -1.92. The molecule has 0 saturated carbocycles. The van der Waals surface area contributed by atoms with Gasteiger partial charge in [0.15, 0.2) is 5.58 Å². The van der Waals surface area contributed by atoms with E-state index in [0.717, 1.165) is 28.1 Å². The number of nitrogens with zero attached hydrogens (tertiary/aromatic N) is 1. The molecular formula is C15H14ClN3O. The first-order valence-electron chi connectivity index (χ1n) is 6.27. The number of benzene rings is 1. The van der Waals surface area contributed by atoms with Crippen molar-refractivity contribution in [3.05, 3.63) is 47.3 Å². The summed E-state index contributed by atoms with van der Waals surface area (Å²) in [5.74, 6) is 0.720. The summed E-state index contributed by atoms with van der Waals surface area (Å²) in [5.41, 5.74) is 9.04. The van der Waals surface area contributed by atoms with E-state index < -0.39 is 0 Å². The largest absolute Gasteiger partial charge is 0.458 e. The molecule has 0 amide bonds. The number of fused-ring (bicyclic) bond motifs is 1. The second kappa shape index (κ2) is 5.15. The summed E-state index contributed by atoms with van der Waals surface area (Å²) in [6.07, 6.45) is 1.79. The average molecular weight is 288 g/mol. The third-order valence-corrected chi connectivity index (χ3v) is 3.45. The van der Waals surface area contributed by atoms with Crippen LogP contribution in [0.5, 0.6) is 0 Å². The third-order valence-electron chi connectivity index (χ3n) is 3.17. The molecule has 2 heterocycles. The highest BCUT2D eigenvalue weighted by atomic mass is 35.5. The topological polar surface area (TPSA) is 64.1 Å². The van der Waals surface area contributed by atoms with Gasteiger partial charge in [0.05, 0.1) is 29.1 Å². The smallest absolute Gasteiger partial charge is 0.152 e. The van der Waals surface area contributed by atoms with Crippen LogP contribution in [0.4, 0.5) is 5.69 Å². The predicted octanol–water partition coefficient (Wildman–Crippen LogP) is 3.65. The molecule has 0 aliphatic carbocycles. The lowest BCUT2D eigenvalue weighted by Gasteiger charge is -2.04. The van der Waals surface area contributed by atoms with Crippen molar-refractivity contribution in [2.24, 2.45) is 5.73 Å². The zero-order chi connectivity index (χ0) is 14.1. The van der Waals surface area contributed by atoms with E-state index in [1.165, 1.54) is 0 Å². The molecule has 0 spiro atoms. The van der Waals surface area contributed by atoms with Crippen LogP contribution >= 0.6 is 11.6 Å². The molecular weight excluding hydrogens is 274 g/mol. The van der Waals surface area contributed by atoms with Crippen LogP contribution in [0.15, 0.2) is 40.9 Å². The Labute approximate surface area is 121 Å². The predicted molar refractivity (Wildman–Crippen MR) is 81.9 cm³/mol. The highest BCUT2D eigenvalue weighted by Gasteiger charge is 2.10. The molecule has 0 aliphatic heterocycles. The maximum atomic E-state index is 6.27. The Hall–Kier alpha value is -2.04. The summed E-state index contributed by atoms with van der Waals surface area (Å²) in [6.45, 7) is 0.357. The van der Waals surface area contributed by atoms with Crippen LogP contribution in [0.3, 0.4) is 0 Å². The molecule has 0 unspecified atom stereocenters. The Balaban J connectivity index is 2.10. The number of pyridine rings is 1. The zero-order valence-electron chi connectivity index (χ0n) is 11.0. The van der Waals surface area contributed by atoms with E-state index in [1.807, 2.05) is 37.4 Å². The molecule has 1 aromatic carbocycles. The van der Waals surface area contributed by atoms with Gasteiger partial charge in [-0.25, -0.2) is 0 Å². The van der Waals surface area contributed by atoms with Gasteiger partial charge < -0.3 is 15.5 Å². The maximum Gasteiger partial charge on any atom is 0.152 e. The average Bonchev–Trinajstić information content (AvgIpc) is 2.91. The van der Waals surface area contributed by atoms with Gasteiger partial charge in [-0.1, -0.05) is 11.6 Å². The Bertz CT molecular complexity index is 750. The third kappa shape index (κ3) is 2.24. The number of rotatable bonds is 3. The van der Waals surface area contributed by atoms with Crippen molar-refractivity contribution in [2.45, 2.75) is 6.54 Å². The fourth-order valence-electron chi connectivity index (χ4n) is 2.12. The molecule has 0 aliphatic rings. The Kier molecular flexibility index (Phi) is 3.34. The lowest BCUT2D eigenvalue weighted by atomic mass is 10.1. The van der Waals surface area contributed by atoms with Crippen LogP contribution in [-0.2, 0) is 6.54 Å². The number of nitrogens with one attached hydrogen (secondary N) is 1. The number of hydrogen-bond acceptors (Lipinski definition) is 4.